The average molecular weight is 371 g/mol. The largest absolute Gasteiger partial charge is 0.357 e. The molecule has 146 valence electrons. The van der Waals surface area contributed by atoms with Gasteiger partial charge in [0.15, 0.2) is 5.96 Å². The van der Waals surface area contributed by atoms with Gasteiger partial charge in [-0.1, -0.05) is 26.2 Å². The summed E-state index contributed by atoms with van der Waals surface area (Å²) in [6.07, 6.45) is 9.88. The Labute approximate surface area is 156 Å². The Morgan fingerprint density at radius 1 is 1.12 bits per heavy atom. The summed E-state index contributed by atoms with van der Waals surface area (Å²) in [5.74, 6) is 1.71. The molecule has 6 heteroatoms. The smallest absolute Gasteiger partial charge is 0.191 e. The molecule has 2 rings (SSSR count). The molecule has 1 aliphatic carbocycles. The van der Waals surface area contributed by atoms with E-state index in [1.54, 1.807) is 0 Å². The third-order valence-electron chi connectivity index (χ3n) is 5.35. The van der Waals surface area contributed by atoms with Crippen molar-refractivity contribution in [3.63, 3.8) is 0 Å². The van der Waals surface area contributed by atoms with Gasteiger partial charge < -0.3 is 15.5 Å². The van der Waals surface area contributed by atoms with E-state index in [-0.39, 0.29) is 0 Å². The second-order valence-electron chi connectivity index (χ2n) is 7.32. The van der Waals surface area contributed by atoms with Crippen LogP contribution in [0.5, 0.6) is 0 Å². The maximum atomic E-state index is 12.1. The molecule has 2 fully saturated rings. The first-order valence-electron chi connectivity index (χ1n) is 10.4. The van der Waals surface area contributed by atoms with Crippen molar-refractivity contribution in [2.24, 2.45) is 4.99 Å². The Bertz CT molecular complexity index is 422. The summed E-state index contributed by atoms with van der Waals surface area (Å²) in [5, 5.41) is 7.34. The number of nitrogens with one attached hydrogen (secondary N) is 2. The Morgan fingerprint density at radius 3 is 2.56 bits per heavy atom. The van der Waals surface area contributed by atoms with Crippen LogP contribution in [-0.2, 0) is 10.8 Å². The second-order valence-corrected chi connectivity index (χ2v) is 9.32. The highest BCUT2D eigenvalue weighted by atomic mass is 32.2. The fourth-order valence-electron chi connectivity index (χ4n) is 3.93. The topological polar surface area (TPSA) is 56.7 Å². The zero-order valence-electron chi connectivity index (χ0n) is 16.3. The quantitative estimate of drug-likeness (QED) is 0.534. The van der Waals surface area contributed by atoms with Gasteiger partial charge in [0.05, 0.1) is 6.54 Å². The van der Waals surface area contributed by atoms with Crippen molar-refractivity contribution in [3.05, 3.63) is 0 Å². The van der Waals surface area contributed by atoms with E-state index in [9.17, 15) is 4.21 Å². The predicted molar refractivity (Wildman–Crippen MR) is 109 cm³/mol. The Kier molecular flexibility index (Phi) is 9.84. The highest BCUT2D eigenvalue weighted by molar-refractivity contribution is 7.85. The summed E-state index contributed by atoms with van der Waals surface area (Å²) in [7, 11) is -0.670. The van der Waals surface area contributed by atoms with Crippen molar-refractivity contribution in [1.29, 1.82) is 0 Å². The first-order valence-corrected chi connectivity index (χ1v) is 11.8. The highest BCUT2D eigenvalue weighted by Crippen LogP contribution is 2.23. The van der Waals surface area contributed by atoms with Crippen LogP contribution in [0.4, 0.5) is 0 Å². The van der Waals surface area contributed by atoms with E-state index >= 15 is 0 Å². The maximum Gasteiger partial charge on any atom is 0.191 e. The standard InChI is InChI=1S/C19H38N4OS/c1-3-20-19(21-12-15-23-13-7-5-6-8-14-23)22-17-10-9-11-18(16-17)25(24)4-2/h17-18H,3-16H2,1-2H3,(H2,20,21,22). The molecule has 2 aliphatic rings. The zero-order valence-corrected chi connectivity index (χ0v) is 17.1. The van der Waals surface area contributed by atoms with Crippen molar-refractivity contribution >= 4 is 16.8 Å². The van der Waals surface area contributed by atoms with Gasteiger partial charge in [-0.2, -0.15) is 0 Å². The van der Waals surface area contributed by atoms with Gasteiger partial charge in [-0.25, -0.2) is 0 Å². The van der Waals surface area contributed by atoms with E-state index in [1.165, 1.54) is 45.2 Å². The van der Waals surface area contributed by atoms with Gasteiger partial charge in [-0.15, -0.1) is 0 Å². The molecule has 0 bridgehead atoms. The summed E-state index contributed by atoms with van der Waals surface area (Å²) < 4.78 is 12.1. The van der Waals surface area contributed by atoms with Crippen molar-refractivity contribution in [1.82, 2.24) is 15.5 Å². The van der Waals surface area contributed by atoms with E-state index in [0.29, 0.717) is 11.3 Å². The minimum absolute atomic E-state index is 0.358. The van der Waals surface area contributed by atoms with E-state index in [0.717, 1.165) is 50.6 Å². The van der Waals surface area contributed by atoms with E-state index in [1.807, 2.05) is 6.92 Å². The summed E-state index contributed by atoms with van der Waals surface area (Å²) in [5.41, 5.74) is 0. The van der Waals surface area contributed by atoms with E-state index < -0.39 is 10.8 Å². The molecule has 1 heterocycles. The number of guanidine groups is 1. The summed E-state index contributed by atoms with van der Waals surface area (Å²) in [4.78, 5) is 7.36. The molecule has 0 aromatic carbocycles. The third kappa shape index (κ3) is 7.65. The molecule has 0 amide bonds. The van der Waals surface area contributed by atoms with Crippen LogP contribution >= 0.6 is 0 Å². The van der Waals surface area contributed by atoms with Crippen molar-refractivity contribution in [2.45, 2.75) is 76.5 Å². The summed E-state index contributed by atoms with van der Waals surface area (Å²) in [6.45, 7) is 9.39. The highest BCUT2D eigenvalue weighted by Gasteiger charge is 2.26. The molecule has 5 nitrogen and oxygen atoms in total. The third-order valence-corrected chi connectivity index (χ3v) is 7.09. The number of aliphatic imine (C=N–C) groups is 1. The fourth-order valence-corrected chi connectivity index (χ4v) is 5.27. The predicted octanol–water partition coefficient (Wildman–Crippen LogP) is 2.50. The molecule has 3 unspecified atom stereocenters. The number of rotatable bonds is 7. The molecule has 25 heavy (non-hydrogen) atoms. The molecule has 2 N–H and O–H groups in total. The van der Waals surface area contributed by atoms with Gasteiger partial charge in [-0.3, -0.25) is 9.20 Å². The molecule has 0 spiro atoms. The van der Waals surface area contributed by atoms with Crippen LogP contribution in [0.25, 0.3) is 0 Å². The Balaban J connectivity index is 1.81. The van der Waals surface area contributed by atoms with Gasteiger partial charge in [0.2, 0.25) is 0 Å². The van der Waals surface area contributed by atoms with Crippen LogP contribution in [0.3, 0.4) is 0 Å². The Morgan fingerprint density at radius 2 is 1.88 bits per heavy atom. The number of nitrogens with zero attached hydrogens (tertiary/aromatic N) is 2. The number of hydrogen-bond donors (Lipinski definition) is 2. The van der Waals surface area contributed by atoms with Crippen LogP contribution in [0.15, 0.2) is 4.99 Å². The molecular weight excluding hydrogens is 332 g/mol. The zero-order chi connectivity index (χ0) is 17.9. The van der Waals surface area contributed by atoms with Crippen LogP contribution < -0.4 is 10.6 Å². The maximum absolute atomic E-state index is 12.1. The van der Waals surface area contributed by atoms with Crippen LogP contribution in [0.2, 0.25) is 0 Å². The van der Waals surface area contributed by atoms with Gasteiger partial charge >= 0.3 is 0 Å². The molecule has 1 saturated heterocycles. The lowest BCUT2D eigenvalue weighted by Crippen LogP contribution is -2.47. The summed E-state index contributed by atoms with van der Waals surface area (Å²) in [6, 6.07) is 0.408. The van der Waals surface area contributed by atoms with Crippen LogP contribution in [-0.4, -0.2) is 64.8 Å². The van der Waals surface area contributed by atoms with Crippen molar-refractivity contribution < 1.29 is 4.21 Å². The van der Waals surface area contributed by atoms with Gasteiger partial charge in [0.1, 0.15) is 0 Å². The monoisotopic (exact) mass is 370 g/mol. The minimum Gasteiger partial charge on any atom is -0.357 e. The second kappa shape index (κ2) is 11.9. The Hall–Kier alpha value is -0.620. The molecule has 3 atom stereocenters. The molecule has 0 aromatic rings. The van der Waals surface area contributed by atoms with Crippen molar-refractivity contribution in [3.8, 4) is 0 Å². The van der Waals surface area contributed by atoms with E-state index in [2.05, 4.69) is 22.5 Å². The minimum atomic E-state index is -0.670. The van der Waals surface area contributed by atoms with Crippen molar-refractivity contribution in [2.75, 3.05) is 38.5 Å². The first kappa shape index (κ1) is 20.7. The van der Waals surface area contributed by atoms with Crippen LogP contribution in [0, 0.1) is 0 Å². The lowest BCUT2D eigenvalue weighted by atomic mass is 9.95. The van der Waals surface area contributed by atoms with Gasteiger partial charge in [0.25, 0.3) is 0 Å². The lowest BCUT2D eigenvalue weighted by Gasteiger charge is -2.30. The SMILES string of the molecule is CCNC(=NCCN1CCCCCC1)NC1CCCC(S(=O)CC)C1. The molecular formula is C19H38N4OS. The number of hydrogen-bond acceptors (Lipinski definition) is 3. The summed E-state index contributed by atoms with van der Waals surface area (Å²) >= 11 is 0. The van der Waals surface area contributed by atoms with Gasteiger partial charge in [-0.05, 0) is 52.1 Å². The molecule has 1 saturated carbocycles. The lowest BCUT2D eigenvalue weighted by molar-refractivity contribution is 0.293. The molecule has 0 aromatic heterocycles. The van der Waals surface area contributed by atoms with Crippen LogP contribution in [0.1, 0.15) is 65.2 Å². The molecule has 1 aliphatic heterocycles. The molecule has 0 radical (unpaired) electrons. The normalized spacial score (nSPS) is 27.5. The average Bonchev–Trinajstić information content (AvgIpc) is 2.90. The fraction of sp³-hybridized carbons (Fsp3) is 0.947. The van der Waals surface area contributed by atoms with E-state index in [4.69, 9.17) is 4.99 Å². The number of likely N-dealkylation sites (tertiary alicyclic amines) is 1. The first-order chi connectivity index (χ1) is 12.2. The van der Waals surface area contributed by atoms with Gasteiger partial charge in [0, 0.05) is 40.9 Å².